The number of ether oxygens (including phenoxy) is 2. The smallest absolute Gasteiger partial charge is 0.127 e. The van der Waals surface area contributed by atoms with Crippen LogP contribution in [0.5, 0.6) is 23.0 Å². The van der Waals surface area contributed by atoms with E-state index in [4.69, 9.17) is 9.47 Å². The molecule has 0 spiro atoms. The molecule has 0 heterocycles. The van der Waals surface area contributed by atoms with E-state index in [1.54, 1.807) is 0 Å². The molecule has 0 saturated carbocycles. The van der Waals surface area contributed by atoms with Gasteiger partial charge >= 0.3 is 0 Å². The van der Waals surface area contributed by atoms with Crippen LogP contribution in [0.1, 0.15) is 49.9 Å². The third-order valence-electron chi connectivity index (χ3n) is 5.67. The van der Waals surface area contributed by atoms with Gasteiger partial charge in [0.15, 0.2) is 0 Å². The fourth-order valence-electron chi connectivity index (χ4n) is 3.53. The molecular weight excluding hydrogens is 404 g/mol. The molecule has 4 aromatic carbocycles. The Morgan fingerprint density at radius 3 is 0.939 bits per heavy atom. The summed E-state index contributed by atoms with van der Waals surface area (Å²) >= 11 is 0. The van der Waals surface area contributed by atoms with Gasteiger partial charge in [0.1, 0.15) is 23.0 Å². The zero-order valence-corrected chi connectivity index (χ0v) is 20.6. The number of hydrogen-bond donors (Lipinski definition) is 0. The van der Waals surface area contributed by atoms with Crippen LogP contribution in [0, 0.1) is 13.8 Å². The van der Waals surface area contributed by atoms with E-state index in [1.807, 2.05) is 62.4 Å². The third-order valence-corrected chi connectivity index (χ3v) is 5.67. The fraction of sp³-hybridized carbons (Fsp3) is 0.226. The number of rotatable bonds is 6. The van der Waals surface area contributed by atoms with E-state index in [0.717, 1.165) is 23.0 Å². The van der Waals surface area contributed by atoms with E-state index < -0.39 is 0 Å². The molecule has 0 bridgehead atoms. The minimum atomic E-state index is -0.134. The minimum Gasteiger partial charge on any atom is -0.457 e. The van der Waals surface area contributed by atoms with E-state index in [1.165, 1.54) is 22.3 Å². The molecule has 0 aliphatic heterocycles. The first kappa shape index (κ1) is 24.1. The topological polar surface area (TPSA) is 18.5 Å². The first-order chi connectivity index (χ1) is 15.9. The molecule has 0 aromatic heterocycles. The monoisotopic (exact) mass is 438 g/mol. The maximum atomic E-state index is 5.97. The summed E-state index contributed by atoms with van der Waals surface area (Å²) in [6, 6.07) is 32.9. The largest absolute Gasteiger partial charge is 0.457 e. The minimum absolute atomic E-state index is 0.134. The lowest BCUT2D eigenvalue weighted by Gasteiger charge is -2.26. The predicted molar refractivity (Wildman–Crippen MR) is 139 cm³/mol. The number of hydrogen-bond acceptors (Lipinski definition) is 2. The average molecular weight is 439 g/mol. The molecule has 33 heavy (non-hydrogen) atoms. The maximum absolute atomic E-state index is 5.97. The molecule has 0 amide bonds. The van der Waals surface area contributed by atoms with Crippen molar-refractivity contribution in [3.05, 3.63) is 119 Å². The van der Waals surface area contributed by atoms with Gasteiger partial charge in [0.25, 0.3) is 0 Å². The van der Waals surface area contributed by atoms with Crippen LogP contribution in [0.15, 0.2) is 97.1 Å². The van der Waals surface area contributed by atoms with Gasteiger partial charge in [-0.15, -0.1) is 0 Å². The number of benzene rings is 4. The summed E-state index contributed by atoms with van der Waals surface area (Å²) in [5.41, 5.74) is 4.77. The molecule has 0 N–H and O–H groups in total. The Balaban J connectivity index is 0.00000149. The maximum Gasteiger partial charge on any atom is 0.127 e. The lowest BCUT2D eigenvalue weighted by molar-refractivity contribution is 0.481. The van der Waals surface area contributed by atoms with Crippen molar-refractivity contribution in [3.8, 4) is 23.0 Å². The van der Waals surface area contributed by atoms with Gasteiger partial charge in [-0.05, 0) is 73.5 Å². The van der Waals surface area contributed by atoms with Crippen molar-refractivity contribution < 1.29 is 9.47 Å². The van der Waals surface area contributed by atoms with Gasteiger partial charge in [0, 0.05) is 5.41 Å². The second-order valence-electron chi connectivity index (χ2n) is 8.50. The molecule has 0 unspecified atom stereocenters. The van der Waals surface area contributed by atoms with Gasteiger partial charge in [-0.2, -0.15) is 0 Å². The summed E-state index contributed by atoms with van der Waals surface area (Å²) in [6.45, 7) is 12.6. The molecule has 170 valence electrons. The Morgan fingerprint density at radius 2 is 0.667 bits per heavy atom. The molecule has 0 aliphatic carbocycles. The highest BCUT2D eigenvalue weighted by Gasteiger charge is 2.23. The molecular formula is C31H34O2. The normalized spacial score (nSPS) is 10.7. The van der Waals surface area contributed by atoms with Gasteiger partial charge in [0.2, 0.25) is 0 Å². The van der Waals surface area contributed by atoms with Crippen LogP contribution >= 0.6 is 0 Å². The zero-order valence-electron chi connectivity index (χ0n) is 20.6. The predicted octanol–water partition coefficient (Wildman–Crippen LogP) is 9.24. The third kappa shape index (κ3) is 6.26. The summed E-state index contributed by atoms with van der Waals surface area (Å²) in [4.78, 5) is 0. The van der Waals surface area contributed by atoms with Crippen molar-refractivity contribution in [2.24, 2.45) is 0 Å². The molecule has 4 aromatic rings. The summed E-state index contributed by atoms with van der Waals surface area (Å²) in [6.07, 6.45) is 0. The van der Waals surface area contributed by atoms with Crippen molar-refractivity contribution in [1.29, 1.82) is 0 Å². The van der Waals surface area contributed by atoms with E-state index in [9.17, 15) is 0 Å². The van der Waals surface area contributed by atoms with E-state index >= 15 is 0 Å². The van der Waals surface area contributed by atoms with Gasteiger partial charge in [-0.3, -0.25) is 0 Å². The Labute approximate surface area is 198 Å². The van der Waals surface area contributed by atoms with Crippen LogP contribution in [-0.4, -0.2) is 0 Å². The Morgan fingerprint density at radius 1 is 0.424 bits per heavy atom. The van der Waals surface area contributed by atoms with E-state index in [2.05, 4.69) is 76.2 Å². The van der Waals surface area contributed by atoms with Crippen LogP contribution in [0.2, 0.25) is 0 Å². The molecule has 0 radical (unpaired) electrons. The summed E-state index contributed by atoms with van der Waals surface area (Å²) in [5, 5.41) is 0. The highest BCUT2D eigenvalue weighted by molar-refractivity contribution is 5.43. The molecule has 4 rings (SSSR count). The zero-order chi connectivity index (χ0) is 23.8. The second kappa shape index (κ2) is 10.9. The van der Waals surface area contributed by atoms with Crippen LogP contribution in [0.3, 0.4) is 0 Å². The standard InChI is InChI=1S/C29H28O2.C2H6/c1-21-5-13-25(14-6-21)30-27-17-9-23(10-18-27)29(3,4)24-11-19-28(20-12-24)31-26-15-7-22(2)8-16-26;1-2/h5-20H,1-4H3;1-2H3. The second-order valence-corrected chi connectivity index (χ2v) is 8.50. The highest BCUT2D eigenvalue weighted by Crippen LogP contribution is 2.34. The van der Waals surface area contributed by atoms with Crippen molar-refractivity contribution in [1.82, 2.24) is 0 Å². The van der Waals surface area contributed by atoms with Crippen molar-refractivity contribution in [2.45, 2.75) is 47.0 Å². The number of aryl methyl sites for hydroxylation is 2. The van der Waals surface area contributed by atoms with Crippen LogP contribution in [0.4, 0.5) is 0 Å². The quantitative estimate of drug-likeness (QED) is 0.299. The molecule has 0 atom stereocenters. The summed E-state index contributed by atoms with van der Waals surface area (Å²) in [5.74, 6) is 3.37. The fourth-order valence-corrected chi connectivity index (χ4v) is 3.53. The highest BCUT2D eigenvalue weighted by atomic mass is 16.5. The van der Waals surface area contributed by atoms with Gasteiger partial charge in [-0.1, -0.05) is 87.4 Å². The lowest BCUT2D eigenvalue weighted by atomic mass is 9.78. The summed E-state index contributed by atoms with van der Waals surface area (Å²) in [7, 11) is 0. The Hall–Kier alpha value is -3.52. The van der Waals surface area contributed by atoms with Crippen LogP contribution < -0.4 is 9.47 Å². The van der Waals surface area contributed by atoms with Crippen molar-refractivity contribution in [2.75, 3.05) is 0 Å². The lowest BCUT2D eigenvalue weighted by Crippen LogP contribution is -2.18. The van der Waals surface area contributed by atoms with Gasteiger partial charge < -0.3 is 9.47 Å². The first-order valence-corrected chi connectivity index (χ1v) is 11.6. The van der Waals surface area contributed by atoms with E-state index in [0.29, 0.717) is 0 Å². The molecule has 0 saturated heterocycles. The molecule has 2 nitrogen and oxygen atoms in total. The van der Waals surface area contributed by atoms with Crippen molar-refractivity contribution >= 4 is 0 Å². The average Bonchev–Trinajstić information content (AvgIpc) is 2.84. The van der Waals surface area contributed by atoms with Gasteiger partial charge in [0.05, 0.1) is 0 Å². The van der Waals surface area contributed by atoms with E-state index in [-0.39, 0.29) is 5.41 Å². The summed E-state index contributed by atoms with van der Waals surface area (Å²) < 4.78 is 11.9. The Kier molecular flexibility index (Phi) is 7.95. The van der Waals surface area contributed by atoms with Crippen molar-refractivity contribution in [3.63, 3.8) is 0 Å². The molecule has 2 heteroatoms. The van der Waals surface area contributed by atoms with Gasteiger partial charge in [-0.25, -0.2) is 0 Å². The van der Waals surface area contributed by atoms with Crippen LogP contribution in [-0.2, 0) is 5.41 Å². The first-order valence-electron chi connectivity index (χ1n) is 11.6. The molecule has 0 fully saturated rings. The SMILES string of the molecule is CC.Cc1ccc(Oc2ccc(C(C)(C)c3ccc(Oc4ccc(C)cc4)cc3)cc2)cc1. The Bertz CT molecular complexity index is 1030. The van der Waals surface area contributed by atoms with Crippen LogP contribution in [0.25, 0.3) is 0 Å². The molecule has 0 aliphatic rings.